The second kappa shape index (κ2) is 10.1. The Morgan fingerprint density at radius 3 is 2.64 bits per heavy atom. The fourth-order valence-corrected chi connectivity index (χ4v) is 5.06. The van der Waals surface area contributed by atoms with Gasteiger partial charge in [0.05, 0.1) is 18.1 Å². The Balaban J connectivity index is 1.81. The van der Waals surface area contributed by atoms with E-state index in [1.165, 1.54) is 0 Å². The number of carbonyl (C=O) groups is 2. The van der Waals surface area contributed by atoms with Crippen LogP contribution in [0.25, 0.3) is 0 Å². The third kappa shape index (κ3) is 5.26. The molecule has 2 N–H and O–H groups in total. The summed E-state index contributed by atoms with van der Waals surface area (Å²) in [5.74, 6) is 0.556. The van der Waals surface area contributed by atoms with Crippen molar-refractivity contribution in [3.63, 3.8) is 0 Å². The Labute approximate surface area is 170 Å². The predicted molar refractivity (Wildman–Crippen MR) is 110 cm³/mol. The van der Waals surface area contributed by atoms with E-state index in [4.69, 9.17) is 4.74 Å². The van der Waals surface area contributed by atoms with Gasteiger partial charge in [-0.1, -0.05) is 26.7 Å². The number of fused-ring (bicyclic) bond motifs is 1. The van der Waals surface area contributed by atoms with Crippen LogP contribution in [0.5, 0.6) is 0 Å². The summed E-state index contributed by atoms with van der Waals surface area (Å²) in [4.78, 5) is 28.8. The molecule has 3 saturated heterocycles. The number of hydrogen-bond acceptors (Lipinski definition) is 4. The molecule has 0 unspecified atom stereocenters. The summed E-state index contributed by atoms with van der Waals surface area (Å²) in [6.07, 6.45) is 8.56. The van der Waals surface area contributed by atoms with Crippen LogP contribution in [0, 0.1) is 11.3 Å². The van der Waals surface area contributed by atoms with Gasteiger partial charge in [0.2, 0.25) is 11.8 Å². The summed E-state index contributed by atoms with van der Waals surface area (Å²) in [7, 11) is 0. The van der Waals surface area contributed by atoms with E-state index in [-0.39, 0.29) is 23.3 Å². The van der Waals surface area contributed by atoms with E-state index in [2.05, 4.69) is 24.5 Å². The molecule has 2 amide bonds. The summed E-state index contributed by atoms with van der Waals surface area (Å²) in [5, 5.41) is 6.62. The van der Waals surface area contributed by atoms with Gasteiger partial charge in [0.25, 0.3) is 0 Å². The van der Waals surface area contributed by atoms with Crippen LogP contribution in [0.2, 0.25) is 0 Å². The van der Waals surface area contributed by atoms with Crippen molar-refractivity contribution in [3.05, 3.63) is 0 Å². The van der Waals surface area contributed by atoms with E-state index in [0.717, 1.165) is 77.6 Å². The average molecular weight is 394 g/mol. The van der Waals surface area contributed by atoms with Crippen LogP contribution in [-0.2, 0) is 14.3 Å². The minimum absolute atomic E-state index is 0.0919. The summed E-state index contributed by atoms with van der Waals surface area (Å²) in [6, 6.07) is -0.252. The molecule has 0 aromatic carbocycles. The molecule has 1 spiro atoms. The van der Waals surface area contributed by atoms with E-state index in [9.17, 15) is 9.59 Å². The zero-order valence-electron chi connectivity index (χ0n) is 17.8. The Kier molecular flexibility index (Phi) is 7.75. The molecule has 0 aromatic rings. The lowest BCUT2D eigenvalue weighted by Gasteiger charge is -2.38. The zero-order chi connectivity index (χ0) is 20.0. The van der Waals surface area contributed by atoms with Crippen molar-refractivity contribution in [2.45, 2.75) is 83.7 Å². The number of amides is 2. The van der Waals surface area contributed by atoms with Crippen LogP contribution in [0.3, 0.4) is 0 Å². The SMILES string of the molecule is CC(C)C[C@@H]1NC(=O)C2(CCCCCOC[C@@H]3CCCN3C1=O)CCNCC2. The monoisotopic (exact) mass is 393 g/mol. The van der Waals surface area contributed by atoms with Crippen molar-refractivity contribution in [1.82, 2.24) is 15.5 Å². The Morgan fingerprint density at radius 2 is 1.89 bits per heavy atom. The molecule has 6 nitrogen and oxygen atoms in total. The number of rotatable bonds is 2. The first-order chi connectivity index (χ1) is 13.5. The Bertz CT molecular complexity index is 531. The summed E-state index contributed by atoms with van der Waals surface area (Å²) >= 11 is 0. The predicted octanol–water partition coefficient (Wildman–Crippen LogP) is 2.47. The van der Waals surface area contributed by atoms with Crippen LogP contribution in [-0.4, -0.2) is 61.6 Å². The number of ether oxygens (including phenoxy) is 1. The second-order valence-corrected chi connectivity index (χ2v) is 9.40. The van der Waals surface area contributed by atoms with Crippen LogP contribution in [0.1, 0.15) is 71.6 Å². The van der Waals surface area contributed by atoms with Gasteiger partial charge in [-0.15, -0.1) is 0 Å². The van der Waals surface area contributed by atoms with Gasteiger partial charge in [0.15, 0.2) is 0 Å². The van der Waals surface area contributed by atoms with E-state index < -0.39 is 6.04 Å². The van der Waals surface area contributed by atoms with Crippen molar-refractivity contribution in [1.29, 1.82) is 0 Å². The fourth-order valence-electron chi connectivity index (χ4n) is 5.06. The first kappa shape index (κ1) is 21.6. The van der Waals surface area contributed by atoms with Crippen molar-refractivity contribution in [2.24, 2.45) is 11.3 Å². The number of nitrogens with one attached hydrogen (secondary N) is 2. The smallest absolute Gasteiger partial charge is 0.245 e. The molecule has 0 aliphatic carbocycles. The van der Waals surface area contributed by atoms with Crippen LogP contribution in [0.4, 0.5) is 0 Å². The molecule has 0 saturated carbocycles. The van der Waals surface area contributed by atoms with Gasteiger partial charge in [0, 0.05) is 13.2 Å². The molecule has 3 fully saturated rings. The fraction of sp³-hybridized carbons (Fsp3) is 0.909. The number of carbonyl (C=O) groups excluding carboxylic acids is 2. The van der Waals surface area contributed by atoms with Gasteiger partial charge in [0.1, 0.15) is 6.04 Å². The van der Waals surface area contributed by atoms with Gasteiger partial charge in [-0.25, -0.2) is 0 Å². The minimum Gasteiger partial charge on any atom is -0.379 e. The lowest BCUT2D eigenvalue weighted by molar-refractivity contribution is -0.142. The number of piperidine rings is 1. The maximum atomic E-state index is 13.5. The molecule has 3 heterocycles. The molecule has 28 heavy (non-hydrogen) atoms. The quantitative estimate of drug-likeness (QED) is 0.756. The summed E-state index contributed by atoms with van der Waals surface area (Å²) in [6.45, 7) is 8.18. The highest BCUT2D eigenvalue weighted by atomic mass is 16.5. The minimum atomic E-state index is -0.414. The molecular formula is C22H39N3O3. The second-order valence-electron chi connectivity index (χ2n) is 9.40. The van der Waals surface area contributed by atoms with Crippen molar-refractivity contribution >= 4 is 11.8 Å². The Morgan fingerprint density at radius 1 is 1.11 bits per heavy atom. The normalized spacial score (nSPS) is 30.2. The highest BCUT2D eigenvalue weighted by Gasteiger charge is 2.42. The van der Waals surface area contributed by atoms with Crippen LogP contribution in [0.15, 0.2) is 0 Å². The third-order valence-corrected chi connectivity index (χ3v) is 6.77. The van der Waals surface area contributed by atoms with Gasteiger partial charge in [-0.2, -0.15) is 0 Å². The molecule has 3 rings (SSSR count). The molecule has 2 atom stereocenters. The molecule has 0 radical (unpaired) electrons. The standard InChI is InChI=1S/C22H39N3O3/c1-17(2)15-19-20(26)25-13-6-7-18(25)16-28-14-5-3-4-8-22(21(27)24-19)9-11-23-12-10-22/h17-19,23H,3-16H2,1-2H3,(H,24,27)/t18-,19-/m0/s1. The number of hydrogen-bond donors (Lipinski definition) is 2. The maximum absolute atomic E-state index is 13.5. The maximum Gasteiger partial charge on any atom is 0.245 e. The molecule has 160 valence electrons. The van der Waals surface area contributed by atoms with Gasteiger partial charge < -0.3 is 20.3 Å². The largest absolute Gasteiger partial charge is 0.379 e. The van der Waals surface area contributed by atoms with E-state index in [0.29, 0.717) is 18.9 Å². The Hall–Kier alpha value is -1.14. The number of nitrogens with zero attached hydrogens (tertiary/aromatic N) is 1. The highest BCUT2D eigenvalue weighted by molar-refractivity contribution is 5.90. The molecule has 0 aromatic heterocycles. The van der Waals surface area contributed by atoms with Crippen molar-refractivity contribution < 1.29 is 14.3 Å². The van der Waals surface area contributed by atoms with Crippen molar-refractivity contribution in [3.8, 4) is 0 Å². The van der Waals surface area contributed by atoms with Gasteiger partial charge in [-0.05, 0) is 64.0 Å². The molecule has 3 aliphatic heterocycles. The topological polar surface area (TPSA) is 70.7 Å². The van der Waals surface area contributed by atoms with E-state index in [1.807, 2.05) is 4.90 Å². The highest BCUT2D eigenvalue weighted by Crippen LogP contribution is 2.35. The summed E-state index contributed by atoms with van der Waals surface area (Å²) < 4.78 is 5.92. The average Bonchev–Trinajstić information content (AvgIpc) is 3.14. The molecule has 6 heteroatoms. The van der Waals surface area contributed by atoms with E-state index in [1.54, 1.807) is 0 Å². The van der Waals surface area contributed by atoms with Gasteiger partial charge >= 0.3 is 0 Å². The van der Waals surface area contributed by atoms with Crippen LogP contribution >= 0.6 is 0 Å². The van der Waals surface area contributed by atoms with E-state index >= 15 is 0 Å². The molecular weight excluding hydrogens is 354 g/mol. The molecule has 3 aliphatic rings. The first-order valence-electron chi connectivity index (χ1n) is 11.4. The summed E-state index contributed by atoms with van der Waals surface area (Å²) in [5.41, 5.74) is -0.323. The third-order valence-electron chi connectivity index (χ3n) is 6.77. The van der Waals surface area contributed by atoms with Crippen molar-refractivity contribution in [2.75, 3.05) is 32.8 Å². The lowest BCUT2D eigenvalue weighted by Crippen LogP contribution is -2.56. The zero-order valence-corrected chi connectivity index (χ0v) is 17.8. The molecule has 0 bridgehead atoms. The van der Waals surface area contributed by atoms with Gasteiger partial charge in [-0.3, -0.25) is 9.59 Å². The lowest BCUT2D eigenvalue weighted by atomic mass is 9.73. The first-order valence-corrected chi connectivity index (χ1v) is 11.4. The van der Waals surface area contributed by atoms with Crippen LogP contribution < -0.4 is 10.6 Å².